The lowest BCUT2D eigenvalue weighted by Crippen LogP contribution is -2.39. The molecule has 0 aliphatic carbocycles. The highest BCUT2D eigenvalue weighted by atomic mass is 35.5. The molecule has 0 radical (unpaired) electrons. The number of hydrogen-bond donors (Lipinski definition) is 1. The molecule has 2 aromatic rings. The summed E-state index contributed by atoms with van der Waals surface area (Å²) in [6.45, 7) is 2.88. The number of pyridine rings is 1. The van der Waals surface area contributed by atoms with Gasteiger partial charge in [0.05, 0.1) is 16.8 Å². The highest BCUT2D eigenvalue weighted by Crippen LogP contribution is 2.34. The second kappa shape index (κ2) is 8.93. The van der Waals surface area contributed by atoms with E-state index in [1.807, 2.05) is 0 Å². The lowest BCUT2D eigenvalue weighted by atomic mass is 10.2. The summed E-state index contributed by atoms with van der Waals surface area (Å²) < 4.78 is 60.0. The average molecular weight is 475 g/mol. The fourth-order valence-corrected chi connectivity index (χ4v) is 3.89. The van der Waals surface area contributed by atoms with E-state index in [2.05, 4.69) is 16.8 Å². The minimum Gasteiger partial charge on any atom is -0.452 e. The Hall–Kier alpha value is -2.50. The molecule has 1 aliphatic rings. The Labute approximate surface area is 183 Å². The van der Waals surface area contributed by atoms with Gasteiger partial charge in [-0.3, -0.25) is 4.79 Å². The van der Waals surface area contributed by atoms with Crippen molar-refractivity contribution in [1.82, 2.24) is 14.0 Å². The third-order valence-electron chi connectivity index (χ3n) is 4.82. The van der Waals surface area contributed by atoms with Crippen LogP contribution in [0.15, 0.2) is 24.4 Å². The minimum atomic E-state index is -4.17. The molecule has 1 aromatic heterocycles. The summed E-state index contributed by atoms with van der Waals surface area (Å²) in [5, 5.41) is 0.303. The summed E-state index contributed by atoms with van der Waals surface area (Å²) in [5.41, 5.74) is -0.787. The first-order valence-electron chi connectivity index (χ1n) is 9.33. The quantitative estimate of drug-likeness (QED) is 0.690. The number of benzene rings is 1. The third kappa shape index (κ3) is 5.05. The predicted molar refractivity (Wildman–Crippen MR) is 112 cm³/mol. The van der Waals surface area contributed by atoms with Gasteiger partial charge in [0, 0.05) is 38.8 Å². The predicted octanol–water partition coefficient (Wildman–Crippen LogP) is 3.33. The number of aromatic nitrogens is 1. The second-order valence-corrected chi connectivity index (χ2v) is 9.54. The smallest absolute Gasteiger partial charge is 0.303 e. The summed E-state index contributed by atoms with van der Waals surface area (Å²) >= 11 is 6.30. The van der Waals surface area contributed by atoms with E-state index in [-0.39, 0.29) is 5.75 Å². The standard InChI is InChI=1S/C19H21ClF2N4O4S/c1-11-5-4-6-26(11)18-14(20)7-12(10-23-18)30-17-9-15(21)13(8-16(17)22)19(27)24-31(28,29)25(2)3/h7-11H,4-6H2,1-3H3,(H,24,27)/t11-/m1/s1. The Morgan fingerprint density at radius 1 is 1.29 bits per heavy atom. The van der Waals surface area contributed by atoms with Crippen molar-refractivity contribution in [3.63, 3.8) is 0 Å². The first kappa shape index (κ1) is 23.2. The van der Waals surface area contributed by atoms with Crippen molar-refractivity contribution in [1.29, 1.82) is 0 Å². The Bertz CT molecular complexity index is 1110. The molecule has 2 heterocycles. The van der Waals surface area contributed by atoms with Crippen LogP contribution in [0, 0.1) is 11.6 Å². The van der Waals surface area contributed by atoms with Crippen molar-refractivity contribution < 1.29 is 26.7 Å². The highest BCUT2D eigenvalue weighted by molar-refractivity contribution is 7.87. The Morgan fingerprint density at radius 3 is 2.58 bits per heavy atom. The molecular weight excluding hydrogens is 454 g/mol. The lowest BCUT2D eigenvalue weighted by Gasteiger charge is -2.23. The normalized spacial score (nSPS) is 16.6. The van der Waals surface area contributed by atoms with Crippen LogP contribution in [0.2, 0.25) is 5.02 Å². The van der Waals surface area contributed by atoms with Crippen molar-refractivity contribution >= 4 is 33.5 Å². The van der Waals surface area contributed by atoms with Gasteiger partial charge in [-0.05, 0) is 25.8 Å². The van der Waals surface area contributed by atoms with E-state index in [4.69, 9.17) is 16.3 Å². The van der Waals surface area contributed by atoms with Crippen molar-refractivity contribution in [3.8, 4) is 11.5 Å². The summed E-state index contributed by atoms with van der Waals surface area (Å²) in [5.74, 6) is -3.40. The van der Waals surface area contributed by atoms with Crippen LogP contribution in [0.1, 0.15) is 30.1 Å². The molecule has 8 nitrogen and oxygen atoms in total. The van der Waals surface area contributed by atoms with Gasteiger partial charge in [-0.25, -0.2) is 18.5 Å². The van der Waals surface area contributed by atoms with Gasteiger partial charge >= 0.3 is 10.2 Å². The molecule has 31 heavy (non-hydrogen) atoms. The first-order valence-corrected chi connectivity index (χ1v) is 11.1. The molecule has 1 aromatic carbocycles. The number of carbonyl (C=O) groups is 1. The molecular formula is C19H21ClF2N4O4S. The van der Waals surface area contributed by atoms with E-state index in [0.29, 0.717) is 29.0 Å². The zero-order chi connectivity index (χ0) is 22.9. The minimum absolute atomic E-state index is 0.0753. The molecule has 1 amide bonds. The first-order chi connectivity index (χ1) is 14.5. The van der Waals surface area contributed by atoms with E-state index in [1.54, 1.807) is 4.72 Å². The maximum atomic E-state index is 14.5. The van der Waals surface area contributed by atoms with E-state index in [1.165, 1.54) is 26.4 Å². The number of hydrogen-bond acceptors (Lipinski definition) is 6. The topological polar surface area (TPSA) is 91.8 Å². The van der Waals surface area contributed by atoms with Gasteiger partial charge in [0.15, 0.2) is 11.6 Å². The fourth-order valence-electron chi connectivity index (χ4n) is 3.10. The molecule has 1 atom stereocenters. The van der Waals surface area contributed by atoms with E-state index >= 15 is 0 Å². The van der Waals surface area contributed by atoms with Crippen molar-refractivity contribution in [3.05, 3.63) is 46.6 Å². The SMILES string of the molecule is C[C@@H]1CCCN1c1ncc(Oc2cc(F)c(C(=O)NS(=O)(=O)N(C)C)cc2F)cc1Cl. The zero-order valence-corrected chi connectivity index (χ0v) is 18.6. The van der Waals surface area contributed by atoms with Gasteiger partial charge in [-0.15, -0.1) is 0 Å². The molecule has 3 rings (SSSR count). The summed E-state index contributed by atoms with van der Waals surface area (Å²) in [6, 6.07) is 2.94. The number of rotatable bonds is 6. The Balaban J connectivity index is 1.81. The fraction of sp³-hybridized carbons (Fsp3) is 0.368. The molecule has 168 valence electrons. The molecule has 1 N–H and O–H groups in total. The average Bonchev–Trinajstić information content (AvgIpc) is 3.09. The van der Waals surface area contributed by atoms with Crippen LogP contribution in [-0.4, -0.2) is 50.3 Å². The number of halogens is 3. The Kier molecular flexibility index (Phi) is 6.68. The molecule has 1 fully saturated rings. The van der Waals surface area contributed by atoms with Gasteiger partial charge in [0.2, 0.25) is 0 Å². The third-order valence-corrected chi connectivity index (χ3v) is 6.50. The van der Waals surface area contributed by atoms with Gasteiger partial charge in [-0.1, -0.05) is 11.6 Å². The maximum absolute atomic E-state index is 14.5. The number of anilines is 1. The summed E-state index contributed by atoms with van der Waals surface area (Å²) in [4.78, 5) is 18.4. The lowest BCUT2D eigenvalue weighted by molar-refractivity contribution is 0.0975. The molecule has 12 heteroatoms. The monoisotopic (exact) mass is 474 g/mol. The molecule has 0 saturated carbocycles. The van der Waals surface area contributed by atoms with Crippen molar-refractivity contribution in [2.75, 3.05) is 25.5 Å². The van der Waals surface area contributed by atoms with Crippen LogP contribution in [0.4, 0.5) is 14.6 Å². The zero-order valence-electron chi connectivity index (χ0n) is 17.0. The number of carbonyl (C=O) groups excluding carboxylic acids is 1. The number of amides is 1. The van der Waals surface area contributed by atoms with Gasteiger partial charge in [0.25, 0.3) is 5.91 Å². The van der Waals surface area contributed by atoms with E-state index in [0.717, 1.165) is 23.7 Å². The number of nitrogens with one attached hydrogen (secondary N) is 1. The van der Waals surface area contributed by atoms with Gasteiger partial charge < -0.3 is 9.64 Å². The largest absolute Gasteiger partial charge is 0.452 e. The highest BCUT2D eigenvalue weighted by Gasteiger charge is 2.25. The van der Waals surface area contributed by atoms with Gasteiger partial charge in [0.1, 0.15) is 17.4 Å². The van der Waals surface area contributed by atoms with Crippen LogP contribution in [0.5, 0.6) is 11.5 Å². The van der Waals surface area contributed by atoms with Gasteiger partial charge in [-0.2, -0.15) is 12.7 Å². The number of ether oxygens (including phenoxy) is 1. The summed E-state index contributed by atoms with van der Waals surface area (Å²) in [7, 11) is -1.81. The second-order valence-electron chi connectivity index (χ2n) is 7.24. The summed E-state index contributed by atoms with van der Waals surface area (Å²) in [6.07, 6.45) is 3.39. The van der Waals surface area contributed by atoms with Crippen molar-refractivity contribution in [2.45, 2.75) is 25.8 Å². The van der Waals surface area contributed by atoms with Crippen LogP contribution in [0.25, 0.3) is 0 Å². The van der Waals surface area contributed by atoms with Crippen LogP contribution in [0.3, 0.4) is 0 Å². The van der Waals surface area contributed by atoms with Crippen LogP contribution >= 0.6 is 11.6 Å². The van der Waals surface area contributed by atoms with Crippen molar-refractivity contribution in [2.24, 2.45) is 0 Å². The molecule has 0 spiro atoms. The number of nitrogens with zero attached hydrogens (tertiary/aromatic N) is 3. The molecule has 0 bridgehead atoms. The van der Waals surface area contributed by atoms with Crippen LogP contribution < -0.4 is 14.4 Å². The Morgan fingerprint density at radius 2 is 2.00 bits per heavy atom. The van der Waals surface area contributed by atoms with E-state index in [9.17, 15) is 22.0 Å². The maximum Gasteiger partial charge on any atom is 0.303 e. The van der Waals surface area contributed by atoms with Crippen LogP contribution in [-0.2, 0) is 10.2 Å². The molecule has 0 unspecified atom stereocenters. The molecule has 1 aliphatic heterocycles. The van der Waals surface area contributed by atoms with E-state index < -0.39 is 39.1 Å². The molecule has 1 saturated heterocycles.